The average Bonchev–Trinajstić information content (AvgIpc) is 3.05. The van der Waals surface area contributed by atoms with Crippen LogP contribution in [0.2, 0.25) is 0 Å². The quantitative estimate of drug-likeness (QED) is 0.269. The molecule has 0 aliphatic heterocycles. The zero-order valence-corrected chi connectivity index (χ0v) is 23.2. The Morgan fingerprint density at radius 3 is 2.76 bits per heavy atom. The van der Waals surface area contributed by atoms with Crippen molar-refractivity contribution in [1.29, 1.82) is 0 Å². The van der Waals surface area contributed by atoms with Crippen molar-refractivity contribution in [3.8, 4) is 0 Å². The molecular formula is C29H45BrO4. The highest BCUT2D eigenvalue weighted by Gasteiger charge is 2.56. The second-order valence-electron chi connectivity index (χ2n) is 12.0. The Labute approximate surface area is 215 Å². The topological polar surface area (TPSA) is 66.8 Å². The van der Waals surface area contributed by atoms with E-state index < -0.39 is 5.60 Å². The molecule has 192 valence electrons. The molecule has 0 heterocycles. The Morgan fingerprint density at radius 2 is 2.09 bits per heavy atom. The monoisotopic (exact) mass is 536 g/mol. The van der Waals surface area contributed by atoms with Crippen LogP contribution >= 0.6 is 15.9 Å². The van der Waals surface area contributed by atoms with Crippen molar-refractivity contribution in [1.82, 2.24) is 0 Å². The minimum absolute atomic E-state index is 0.0715. The molecule has 0 spiro atoms. The van der Waals surface area contributed by atoms with E-state index in [1.807, 2.05) is 13.8 Å². The van der Waals surface area contributed by atoms with Gasteiger partial charge in [-0.25, -0.2) is 0 Å². The molecule has 3 aliphatic rings. The van der Waals surface area contributed by atoms with Crippen molar-refractivity contribution in [2.75, 3.05) is 5.33 Å². The third kappa shape index (κ3) is 6.64. The Hall–Kier alpha value is -0.910. The predicted molar refractivity (Wildman–Crippen MR) is 142 cm³/mol. The first-order chi connectivity index (χ1) is 15.9. The lowest BCUT2D eigenvalue weighted by Crippen LogP contribution is -2.39. The summed E-state index contributed by atoms with van der Waals surface area (Å²) in [6.45, 7) is 12.7. The van der Waals surface area contributed by atoms with Crippen LogP contribution in [0.3, 0.4) is 0 Å². The zero-order chi connectivity index (χ0) is 25.1. The number of fused-ring (bicyclic) bond motifs is 1. The van der Waals surface area contributed by atoms with E-state index in [4.69, 9.17) is 4.74 Å². The second kappa shape index (κ2) is 11.4. The molecule has 0 aromatic rings. The minimum Gasteiger partial charge on any atom is -0.461 e. The Kier molecular flexibility index (Phi) is 9.30. The van der Waals surface area contributed by atoms with E-state index in [2.05, 4.69) is 48.5 Å². The predicted octanol–water partition coefficient (Wildman–Crippen LogP) is 6.65. The summed E-state index contributed by atoms with van der Waals surface area (Å²) >= 11 is 3.27. The molecule has 5 heteroatoms. The highest BCUT2D eigenvalue weighted by atomic mass is 79.9. The first-order valence-electron chi connectivity index (χ1n) is 13.2. The van der Waals surface area contributed by atoms with Crippen LogP contribution < -0.4 is 0 Å². The van der Waals surface area contributed by atoms with E-state index in [-0.39, 0.29) is 28.9 Å². The number of carbonyl (C=O) groups is 1. The van der Waals surface area contributed by atoms with Crippen LogP contribution in [-0.2, 0) is 9.53 Å². The van der Waals surface area contributed by atoms with Gasteiger partial charge in [0.2, 0.25) is 0 Å². The van der Waals surface area contributed by atoms with Gasteiger partial charge in [-0.05, 0) is 88.0 Å². The molecule has 3 fully saturated rings. The number of hydrogen-bond donors (Lipinski definition) is 2. The van der Waals surface area contributed by atoms with Crippen molar-refractivity contribution in [2.24, 2.45) is 23.2 Å². The van der Waals surface area contributed by atoms with Gasteiger partial charge in [0.1, 0.15) is 11.4 Å². The summed E-state index contributed by atoms with van der Waals surface area (Å²) in [5.74, 6) is 0.942. The number of allylic oxidation sites excluding steroid dienone is 4. The Bertz CT molecular complexity index is 807. The maximum atomic E-state index is 12.3. The van der Waals surface area contributed by atoms with Crippen LogP contribution in [-0.4, -0.2) is 39.3 Å². The van der Waals surface area contributed by atoms with Crippen molar-refractivity contribution >= 4 is 21.9 Å². The molecule has 4 nitrogen and oxygen atoms in total. The van der Waals surface area contributed by atoms with Crippen molar-refractivity contribution in [3.63, 3.8) is 0 Å². The minimum atomic E-state index is -0.644. The van der Waals surface area contributed by atoms with Crippen molar-refractivity contribution in [3.05, 3.63) is 35.5 Å². The lowest BCUT2D eigenvalue weighted by atomic mass is 9.60. The number of hydrogen-bond acceptors (Lipinski definition) is 4. The van der Waals surface area contributed by atoms with Crippen LogP contribution in [0.4, 0.5) is 0 Å². The zero-order valence-electron chi connectivity index (χ0n) is 21.6. The van der Waals surface area contributed by atoms with Crippen LogP contribution in [0.25, 0.3) is 0 Å². The maximum absolute atomic E-state index is 12.3. The lowest BCUT2D eigenvalue weighted by molar-refractivity contribution is -0.149. The van der Waals surface area contributed by atoms with Gasteiger partial charge in [-0.15, -0.1) is 0 Å². The third-order valence-corrected chi connectivity index (χ3v) is 9.15. The summed E-state index contributed by atoms with van der Waals surface area (Å²) in [6.07, 6.45) is 13.6. The fraction of sp³-hybridized carbons (Fsp3) is 0.759. The fourth-order valence-electron chi connectivity index (χ4n) is 7.04. The molecule has 1 unspecified atom stereocenters. The van der Waals surface area contributed by atoms with Crippen LogP contribution in [0.1, 0.15) is 91.9 Å². The van der Waals surface area contributed by atoms with Gasteiger partial charge in [0.05, 0.1) is 11.7 Å². The van der Waals surface area contributed by atoms with Gasteiger partial charge in [0, 0.05) is 5.92 Å². The summed E-state index contributed by atoms with van der Waals surface area (Å²) in [7, 11) is 0. The molecule has 2 N–H and O–H groups in total. The van der Waals surface area contributed by atoms with E-state index in [1.165, 1.54) is 11.1 Å². The molecule has 0 bridgehead atoms. The number of aliphatic hydroxyl groups excluding tert-OH is 1. The SMILES string of the molecule is C=C1CC[C@H](O)C/C1=C\C=C1/CCC[C@@]2(C)[C@@H]([C@H](C)CCCC(C)(C)O)C(OC(=O)CBr)C[C@@H]12. The normalized spacial score (nSPS) is 35.4. The van der Waals surface area contributed by atoms with E-state index in [0.29, 0.717) is 24.2 Å². The third-order valence-electron chi connectivity index (χ3n) is 8.70. The standard InChI is InChI=1S/C29H45BrO4/c1-19-10-13-23(31)16-22(19)12-11-21-9-7-15-29(5)24(21)17-25(34-26(32)18-30)27(29)20(2)8-6-14-28(3,4)33/h11-12,20,23-25,27,31,33H,1,6-10,13-18H2,2-5H3/b21-11+,22-12+/t20-,23+,24+,25?,27+,29-/m1/s1. The van der Waals surface area contributed by atoms with Crippen LogP contribution in [0, 0.1) is 23.2 Å². The fourth-order valence-corrected chi connectivity index (χ4v) is 7.17. The smallest absolute Gasteiger partial charge is 0.316 e. The highest BCUT2D eigenvalue weighted by molar-refractivity contribution is 9.09. The molecule has 3 aliphatic carbocycles. The van der Waals surface area contributed by atoms with Gasteiger partial charge in [0.25, 0.3) is 0 Å². The summed E-state index contributed by atoms with van der Waals surface area (Å²) in [6, 6.07) is 0. The molecule has 34 heavy (non-hydrogen) atoms. The number of halogens is 1. The highest BCUT2D eigenvalue weighted by Crippen LogP contribution is 2.60. The van der Waals surface area contributed by atoms with Gasteiger partial charge < -0.3 is 14.9 Å². The van der Waals surface area contributed by atoms with Gasteiger partial charge in [-0.2, -0.15) is 0 Å². The molecule has 3 saturated carbocycles. The van der Waals surface area contributed by atoms with Crippen molar-refractivity contribution < 1.29 is 19.7 Å². The Morgan fingerprint density at radius 1 is 1.35 bits per heavy atom. The second-order valence-corrected chi connectivity index (χ2v) is 12.5. The molecule has 0 radical (unpaired) electrons. The van der Waals surface area contributed by atoms with Gasteiger partial charge in [-0.3, -0.25) is 4.79 Å². The summed E-state index contributed by atoms with van der Waals surface area (Å²) < 4.78 is 6.05. The molecule has 0 aromatic carbocycles. The molecule has 0 aromatic heterocycles. The van der Waals surface area contributed by atoms with Gasteiger partial charge >= 0.3 is 5.97 Å². The van der Waals surface area contributed by atoms with E-state index in [1.54, 1.807) is 0 Å². The van der Waals surface area contributed by atoms with Crippen molar-refractivity contribution in [2.45, 2.75) is 110 Å². The largest absolute Gasteiger partial charge is 0.461 e. The number of ether oxygens (including phenoxy) is 1. The number of esters is 1. The molecule has 0 amide bonds. The summed E-state index contributed by atoms with van der Waals surface area (Å²) in [4.78, 5) is 12.3. The van der Waals surface area contributed by atoms with Crippen LogP contribution in [0.15, 0.2) is 35.5 Å². The number of aliphatic hydroxyl groups is 2. The first kappa shape index (κ1) is 27.7. The molecule has 3 rings (SSSR count). The van der Waals surface area contributed by atoms with Gasteiger partial charge in [0.15, 0.2) is 0 Å². The molecule has 6 atom stereocenters. The van der Waals surface area contributed by atoms with E-state index >= 15 is 0 Å². The van der Waals surface area contributed by atoms with E-state index in [9.17, 15) is 15.0 Å². The number of alkyl halides is 1. The van der Waals surface area contributed by atoms with Crippen LogP contribution in [0.5, 0.6) is 0 Å². The van der Waals surface area contributed by atoms with Gasteiger partial charge in [-0.1, -0.05) is 72.5 Å². The molecule has 0 saturated heterocycles. The summed E-state index contributed by atoms with van der Waals surface area (Å²) in [5.41, 5.74) is 3.23. The van der Waals surface area contributed by atoms with E-state index in [0.717, 1.165) is 63.4 Å². The average molecular weight is 538 g/mol. The lowest BCUT2D eigenvalue weighted by Gasteiger charge is -2.44. The first-order valence-corrected chi connectivity index (χ1v) is 14.3. The molecular weight excluding hydrogens is 492 g/mol. The maximum Gasteiger partial charge on any atom is 0.316 e. The number of rotatable bonds is 8. The summed E-state index contributed by atoms with van der Waals surface area (Å²) in [5, 5.41) is 20.5. The number of carbonyl (C=O) groups excluding carboxylic acids is 1. The Balaban J connectivity index is 1.84.